The number of nitrogens with one attached hydrogen (secondary N) is 2. The molecule has 0 fully saturated rings. The zero-order valence-corrected chi connectivity index (χ0v) is 14.6. The largest absolute Gasteiger partial charge is 0.490 e. The quantitative estimate of drug-likeness (QED) is 0.541. The zero-order chi connectivity index (χ0) is 19.6. The first-order valence-electron chi connectivity index (χ1n) is 8.19. The van der Waals surface area contributed by atoms with Gasteiger partial charge in [0.25, 0.3) is 17.5 Å². The molecule has 0 aromatic heterocycles. The number of hydrazine groups is 1. The van der Waals surface area contributed by atoms with Crippen LogP contribution in [0.3, 0.4) is 0 Å². The lowest BCUT2D eigenvalue weighted by atomic mass is 10.2. The average molecular weight is 373 g/mol. The number of carbonyl (C=O) groups is 2. The Bertz CT molecular complexity index is 807. The van der Waals surface area contributed by atoms with Crippen LogP contribution < -0.4 is 20.3 Å². The predicted molar refractivity (Wildman–Crippen MR) is 96.4 cm³/mol. The molecule has 0 aliphatic carbocycles. The highest BCUT2D eigenvalue weighted by molar-refractivity contribution is 5.95. The number of para-hydroxylation sites is 2. The van der Waals surface area contributed by atoms with Gasteiger partial charge in [-0.05, 0) is 30.7 Å². The van der Waals surface area contributed by atoms with E-state index in [4.69, 9.17) is 9.47 Å². The van der Waals surface area contributed by atoms with Crippen LogP contribution in [0, 0.1) is 10.1 Å². The molecule has 0 spiro atoms. The number of nitrogens with zero attached hydrogens (tertiary/aromatic N) is 1. The fraction of sp³-hybridized carbons (Fsp3) is 0.222. The molecule has 0 unspecified atom stereocenters. The zero-order valence-electron chi connectivity index (χ0n) is 14.6. The Morgan fingerprint density at radius 1 is 1.00 bits per heavy atom. The third-order valence-corrected chi connectivity index (χ3v) is 3.33. The van der Waals surface area contributed by atoms with E-state index in [1.54, 1.807) is 24.3 Å². The van der Waals surface area contributed by atoms with E-state index in [2.05, 4.69) is 10.9 Å². The van der Waals surface area contributed by atoms with E-state index < -0.39 is 16.7 Å². The van der Waals surface area contributed by atoms with Gasteiger partial charge in [-0.3, -0.25) is 30.6 Å². The first-order valence-corrected chi connectivity index (χ1v) is 8.19. The first kappa shape index (κ1) is 19.7. The molecule has 9 heteroatoms. The van der Waals surface area contributed by atoms with Gasteiger partial charge in [0.15, 0.2) is 18.1 Å². The summed E-state index contributed by atoms with van der Waals surface area (Å²) in [6.45, 7) is 2.18. The van der Waals surface area contributed by atoms with Crippen LogP contribution in [0.25, 0.3) is 0 Å². The number of non-ortho nitro benzene ring substituents is 1. The molecule has 0 bridgehead atoms. The summed E-state index contributed by atoms with van der Waals surface area (Å²) < 4.78 is 10.9. The van der Waals surface area contributed by atoms with Crippen molar-refractivity contribution in [3.05, 3.63) is 64.2 Å². The second-order valence-electron chi connectivity index (χ2n) is 5.39. The Labute approximate surface area is 155 Å². The van der Waals surface area contributed by atoms with Crippen LogP contribution in [0.15, 0.2) is 48.5 Å². The molecule has 2 aromatic rings. The molecule has 0 saturated heterocycles. The number of nitro groups is 1. The Hall–Kier alpha value is -3.62. The van der Waals surface area contributed by atoms with E-state index >= 15 is 0 Å². The van der Waals surface area contributed by atoms with Crippen molar-refractivity contribution in [2.24, 2.45) is 0 Å². The molecule has 142 valence electrons. The molecule has 27 heavy (non-hydrogen) atoms. The highest BCUT2D eigenvalue weighted by atomic mass is 16.6. The fourth-order valence-electron chi connectivity index (χ4n) is 2.01. The summed E-state index contributed by atoms with van der Waals surface area (Å²) in [6, 6.07) is 11.9. The van der Waals surface area contributed by atoms with Gasteiger partial charge >= 0.3 is 0 Å². The molecule has 0 saturated carbocycles. The molecular formula is C18H19N3O6. The summed E-state index contributed by atoms with van der Waals surface area (Å²) in [5, 5.41) is 10.6. The molecule has 0 heterocycles. The Morgan fingerprint density at radius 3 is 2.22 bits per heavy atom. The molecule has 2 aromatic carbocycles. The average Bonchev–Trinajstić information content (AvgIpc) is 2.69. The summed E-state index contributed by atoms with van der Waals surface area (Å²) in [5.74, 6) is -0.231. The van der Waals surface area contributed by atoms with Crippen molar-refractivity contribution in [3.63, 3.8) is 0 Å². The highest BCUT2D eigenvalue weighted by Crippen LogP contribution is 2.26. The second-order valence-corrected chi connectivity index (χ2v) is 5.39. The summed E-state index contributed by atoms with van der Waals surface area (Å²) in [7, 11) is 0. The number of ether oxygens (including phenoxy) is 2. The lowest BCUT2D eigenvalue weighted by Crippen LogP contribution is -2.43. The molecular weight excluding hydrogens is 354 g/mol. The van der Waals surface area contributed by atoms with Crippen LogP contribution in [0.4, 0.5) is 5.69 Å². The van der Waals surface area contributed by atoms with Gasteiger partial charge in [-0.25, -0.2) is 0 Å². The molecule has 0 atom stereocenters. The van der Waals surface area contributed by atoms with Crippen molar-refractivity contribution in [1.29, 1.82) is 0 Å². The number of hydrogen-bond acceptors (Lipinski definition) is 6. The van der Waals surface area contributed by atoms with Gasteiger partial charge in [0.1, 0.15) is 0 Å². The number of rotatable bonds is 8. The van der Waals surface area contributed by atoms with E-state index in [1.165, 1.54) is 24.3 Å². The smallest absolute Gasteiger partial charge is 0.276 e. The summed E-state index contributed by atoms with van der Waals surface area (Å²) >= 11 is 0. The van der Waals surface area contributed by atoms with Crippen molar-refractivity contribution in [2.45, 2.75) is 13.3 Å². The molecule has 0 aliphatic heterocycles. The molecule has 0 radical (unpaired) electrons. The standard InChI is InChI=1S/C18H19N3O6/c1-2-11-26-15-5-3-4-6-16(15)27-12-17(22)19-20-18(23)13-7-9-14(10-8-13)21(24)25/h3-10H,2,11-12H2,1H3,(H,19,22)(H,20,23). The van der Waals surface area contributed by atoms with Crippen molar-refractivity contribution < 1.29 is 24.0 Å². The van der Waals surface area contributed by atoms with Crippen LogP contribution in [0.5, 0.6) is 11.5 Å². The maximum atomic E-state index is 11.9. The van der Waals surface area contributed by atoms with E-state index in [9.17, 15) is 19.7 Å². The van der Waals surface area contributed by atoms with E-state index in [0.717, 1.165) is 6.42 Å². The van der Waals surface area contributed by atoms with Crippen LogP contribution in [0.1, 0.15) is 23.7 Å². The van der Waals surface area contributed by atoms with Crippen molar-refractivity contribution in [1.82, 2.24) is 10.9 Å². The normalized spacial score (nSPS) is 9.96. The lowest BCUT2D eigenvalue weighted by molar-refractivity contribution is -0.384. The number of benzene rings is 2. The second kappa shape index (κ2) is 9.76. The third-order valence-electron chi connectivity index (χ3n) is 3.33. The van der Waals surface area contributed by atoms with Gasteiger partial charge in [-0.1, -0.05) is 19.1 Å². The van der Waals surface area contributed by atoms with Crippen molar-refractivity contribution in [3.8, 4) is 11.5 Å². The van der Waals surface area contributed by atoms with E-state index in [1.807, 2.05) is 6.92 Å². The molecule has 2 N–H and O–H groups in total. The first-order chi connectivity index (χ1) is 13.0. The number of hydrogen-bond donors (Lipinski definition) is 2. The Morgan fingerprint density at radius 2 is 1.63 bits per heavy atom. The fourth-order valence-corrected chi connectivity index (χ4v) is 2.01. The van der Waals surface area contributed by atoms with Crippen molar-refractivity contribution in [2.75, 3.05) is 13.2 Å². The Kier molecular flexibility index (Phi) is 7.12. The molecule has 9 nitrogen and oxygen atoms in total. The van der Waals surface area contributed by atoms with Gasteiger partial charge in [0.2, 0.25) is 0 Å². The van der Waals surface area contributed by atoms with Gasteiger partial charge < -0.3 is 9.47 Å². The third kappa shape index (κ3) is 5.99. The summed E-state index contributed by atoms with van der Waals surface area (Å²) in [4.78, 5) is 33.8. The minimum Gasteiger partial charge on any atom is -0.490 e. The van der Waals surface area contributed by atoms with Crippen molar-refractivity contribution >= 4 is 17.5 Å². The lowest BCUT2D eigenvalue weighted by Gasteiger charge is -2.12. The maximum absolute atomic E-state index is 11.9. The van der Waals surface area contributed by atoms with E-state index in [-0.39, 0.29) is 17.9 Å². The minimum absolute atomic E-state index is 0.132. The number of amides is 2. The summed E-state index contributed by atoms with van der Waals surface area (Å²) in [5.41, 5.74) is 4.46. The van der Waals surface area contributed by atoms with Gasteiger partial charge in [-0.2, -0.15) is 0 Å². The van der Waals surface area contributed by atoms with Crippen LogP contribution in [-0.4, -0.2) is 30.0 Å². The number of nitro benzene ring substituents is 1. The Balaban J connectivity index is 1.82. The van der Waals surface area contributed by atoms with Crippen LogP contribution >= 0.6 is 0 Å². The van der Waals surface area contributed by atoms with Gasteiger partial charge in [0, 0.05) is 17.7 Å². The highest BCUT2D eigenvalue weighted by Gasteiger charge is 2.11. The van der Waals surface area contributed by atoms with Crippen LogP contribution in [0.2, 0.25) is 0 Å². The predicted octanol–water partition coefficient (Wildman–Crippen LogP) is 2.22. The minimum atomic E-state index is -0.607. The molecule has 0 aliphatic rings. The molecule has 2 rings (SSSR count). The SMILES string of the molecule is CCCOc1ccccc1OCC(=O)NNC(=O)c1ccc([N+](=O)[O-])cc1. The van der Waals surface area contributed by atoms with Gasteiger partial charge in [-0.15, -0.1) is 0 Å². The monoisotopic (exact) mass is 373 g/mol. The van der Waals surface area contributed by atoms with Gasteiger partial charge in [0.05, 0.1) is 11.5 Å². The number of carbonyl (C=O) groups excluding carboxylic acids is 2. The summed E-state index contributed by atoms with van der Waals surface area (Å²) in [6.07, 6.45) is 0.837. The van der Waals surface area contributed by atoms with Crippen LogP contribution in [-0.2, 0) is 4.79 Å². The molecule has 2 amide bonds. The maximum Gasteiger partial charge on any atom is 0.276 e. The van der Waals surface area contributed by atoms with E-state index in [0.29, 0.717) is 18.1 Å². The topological polar surface area (TPSA) is 120 Å².